The minimum atomic E-state index is -3.73. The minimum Gasteiger partial charge on any atom is -0.497 e. The second-order valence-corrected chi connectivity index (χ2v) is 7.61. The normalized spacial score (nSPS) is 11.5. The Morgan fingerprint density at radius 3 is 2.29 bits per heavy atom. The molecule has 0 heterocycles. The summed E-state index contributed by atoms with van der Waals surface area (Å²) in [6.45, 7) is 0. The first kappa shape index (κ1) is 16.9. The van der Waals surface area contributed by atoms with Gasteiger partial charge in [-0.1, -0.05) is 35.3 Å². The molecule has 3 rings (SSSR count). The molecule has 0 saturated heterocycles. The van der Waals surface area contributed by atoms with Crippen molar-refractivity contribution >= 4 is 49.7 Å². The summed E-state index contributed by atoms with van der Waals surface area (Å²) in [5.41, 5.74) is 0.347. The van der Waals surface area contributed by atoms with Gasteiger partial charge in [-0.2, -0.15) is 0 Å². The van der Waals surface area contributed by atoms with Crippen LogP contribution in [0.25, 0.3) is 10.8 Å². The number of nitrogens with one attached hydrogen (secondary N) is 1. The van der Waals surface area contributed by atoms with E-state index in [9.17, 15) is 8.42 Å². The van der Waals surface area contributed by atoms with Crippen LogP contribution >= 0.6 is 23.2 Å². The highest BCUT2D eigenvalue weighted by Crippen LogP contribution is 2.28. The zero-order chi connectivity index (χ0) is 17.3. The number of sulfonamides is 1. The van der Waals surface area contributed by atoms with Gasteiger partial charge >= 0.3 is 0 Å². The van der Waals surface area contributed by atoms with Gasteiger partial charge in [-0.25, -0.2) is 8.42 Å². The first-order valence-corrected chi connectivity index (χ1v) is 9.19. The molecule has 0 saturated carbocycles. The third kappa shape index (κ3) is 3.43. The van der Waals surface area contributed by atoms with Gasteiger partial charge in [0.15, 0.2) is 0 Å². The molecular weight excluding hydrogens is 369 g/mol. The number of fused-ring (bicyclic) bond motifs is 1. The summed E-state index contributed by atoms with van der Waals surface area (Å²) in [4.78, 5) is 0.159. The van der Waals surface area contributed by atoms with Crippen molar-refractivity contribution in [1.29, 1.82) is 0 Å². The maximum Gasteiger partial charge on any atom is 0.261 e. The van der Waals surface area contributed by atoms with E-state index in [4.69, 9.17) is 27.9 Å². The predicted octanol–water partition coefficient (Wildman–Crippen LogP) is 4.96. The zero-order valence-corrected chi connectivity index (χ0v) is 14.9. The third-order valence-corrected chi connectivity index (χ3v) is 5.62. The maximum atomic E-state index is 12.6. The summed E-state index contributed by atoms with van der Waals surface area (Å²) >= 11 is 11.8. The van der Waals surface area contributed by atoms with E-state index in [-0.39, 0.29) is 9.92 Å². The van der Waals surface area contributed by atoms with Crippen molar-refractivity contribution in [1.82, 2.24) is 0 Å². The average Bonchev–Trinajstić information content (AvgIpc) is 2.57. The Morgan fingerprint density at radius 2 is 1.58 bits per heavy atom. The Balaban J connectivity index is 1.96. The van der Waals surface area contributed by atoms with Crippen LogP contribution in [0.3, 0.4) is 0 Å². The van der Waals surface area contributed by atoms with E-state index in [0.717, 1.165) is 10.8 Å². The van der Waals surface area contributed by atoms with Crippen LogP contribution in [0.4, 0.5) is 5.69 Å². The molecule has 0 bridgehead atoms. The summed E-state index contributed by atoms with van der Waals surface area (Å²) in [6.07, 6.45) is 0. The van der Waals surface area contributed by atoms with Crippen LogP contribution in [0.2, 0.25) is 10.0 Å². The van der Waals surface area contributed by atoms with Crippen LogP contribution in [-0.4, -0.2) is 15.5 Å². The summed E-state index contributed by atoms with van der Waals surface area (Å²) in [7, 11) is -2.15. The Morgan fingerprint density at radius 1 is 0.875 bits per heavy atom. The van der Waals surface area contributed by atoms with Gasteiger partial charge in [0.2, 0.25) is 0 Å². The van der Waals surface area contributed by atoms with Crippen LogP contribution in [-0.2, 0) is 10.0 Å². The number of hydrogen-bond donors (Lipinski definition) is 1. The maximum absolute atomic E-state index is 12.6. The fourth-order valence-corrected chi connectivity index (χ4v) is 3.65. The molecule has 3 aromatic rings. The van der Waals surface area contributed by atoms with Crippen molar-refractivity contribution in [3.63, 3.8) is 0 Å². The molecule has 0 fully saturated rings. The smallest absolute Gasteiger partial charge is 0.261 e. The molecule has 7 heteroatoms. The van der Waals surface area contributed by atoms with Crippen molar-refractivity contribution in [2.45, 2.75) is 4.90 Å². The number of anilines is 1. The molecule has 0 aliphatic carbocycles. The quantitative estimate of drug-likeness (QED) is 0.694. The van der Waals surface area contributed by atoms with E-state index < -0.39 is 10.0 Å². The van der Waals surface area contributed by atoms with Gasteiger partial charge in [-0.05, 0) is 53.2 Å². The number of rotatable bonds is 4. The van der Waals surface area contributed by atoms with Gasteiger partial charge in [0.1, 0.15) is 5.75 Å². The van der Waals surface area contributed by atoms with Crippen molar-refractivity contribution in [2.24, 2.45) is 0 Å². The molecule has 0 aliphatic rings. The van der Waals surface area contributed by atoms with Crippen molar-refractivity contribution < 1.29 is 13.2 Å². The third-order valence-electron chi connectivity index (χ3n) is 3.50. The second-order valence-electron chi connectivity index (χ2n) is 5.11. The van der Waals surface area contributed by atoms with Crippen LogP contribution in [0.15, 0.2) is 59.5 Å². The van der Waals surface area contributed by atoms with E-state index in [1.807, 2.05) is 12.1 Å². The summed E-state index contributed by atoms with van der Waals surface area (Å²) in [5.74, 6) is 0.715. The fraction of sp³-hybridized carbons (Fsp3) is 0.0588. The van der Waals surface area contributed by atoms with Crippen LogP contribution in [0.5, 0.6) is 5.75 Å². The van der Waals surface area contributed by atoms with Gasteiger partial charge in [-0.3, -0.25) is 4.72 Å². The summed E-state index contributed by atoms with van der Waals surface area (Å²) in [5, 5.41) is 2.33. The van der Waals surface area contributed by atoms with Gasteiger partial charge < -0.3 is 4.74 Å². The predicted molar refractivity (Wildman–Crippen MR) is 97.8 cm³/mol. The van der Waals surface area contributed by atoms with Gasteiger partial charge in [0.05, 0.1) is 27.7 Å². The standard InChI is InChI=1S/C17H13Cl2NO3S/c1-23-14-5-2-12-9-15(6-3-11(12)8-14)24(21,22)20-13-4-7-16(18)17(19)10-13/h2-10,20H,1H3. The lowest BCUT2D eigenvalue weighted by atomic mass is 10.1. The van der Waals surface area contributed by atoms with Crippen LogP contribution in [0.1, 0.15) is 0 Å². The molecule has 0 atom stereocenters. The molecule has 124 valence electrons. The molecule has 4 nitrogen and oxygen atoms in total. The average molecular weight is 382 g/mol. The lowest BCUT2D eigenvalue weighted by Gasteiger charge is -2.10. The summed E-state index contributed by atoms with van der Waals surface area (Å²) in [6, 6.07) is 14.9. The Bertz CT molecular complexity index is 1020. The van der Waals surface area contributed by atoms with E-state index in [0.29, 0.717) is 16.5 Å². The highest BCUT2D eigenvalue weighted by molar-refractivity contribution is 7.92. The van der Waals surface area contributed by atoms with Crippen LogP contribution in [0, 0.1) is 0 Å². The molecule has 0 radical (unpaired) electrons. The SMILES string of the molecule is COc1ccc2cc(S(=O)(=O)Nc3ccc(Cl)c(Cl)c3)ccc2c1. The Labute approximate surface area is 150 Å². The number of halogens is 2. The summed E-state index contributed by atoms with van der Waals surface area (Å²) < 4.78 is 32.8. The van der Waals surface area contributed by atoms with Gasteiger partial charge in [0, 0.05) is 0 Å². The number of benzene rings is 3. The van der Waals surface area contributed by atoms with Crippen molar-refractivity contribution in [2.75, 3.05) is 11.8 Å². The first-order valence-electron chi connectivity index (χ1n) is 6.95. The molecule has 0 unspecified atom stereocenters. The van der Waals surface area contributed by atoms with Gasteiger partial charge in [0.25, 0.3) is 10.0 Å². The first-order chi connectivity index (χ1) is 11.4. The molecular formula is C17H13Cl2NO3S. The minimum absolute atomic E-state index is 0.159. The highest BCUT2D eigenvalue weighted by atomic mass is 35.5. The molecule has 24 heavy (non-hydrogen) atoms. The van der Waals surface area contributed by atoms with E-state index in [2.05, 4.69) is 4.72 Å². The molecule has 3 aromatic carbocycles. The number of ether oxygens (including phenoxy) is 1. The lowest BCUT2D eigenvalue weighted by Crippen LogP contribution is -2.12. The molecule has 0 aliphatic heterocycles. The van der Waals surface area contributed by atoms with Crippen molar-refractivity contribution in [3.8, 4) is 5.75 Å². The van der Waals surface area contributed by atoms with Crippen LogP contribution < -0.4 is 9.46 Å². The highest BCUT2D eigenvalue weighted by Gasteiger charge is 2.15. The molecule has 1 N–H and O–H groups in total. The topological polar surface area (TPSA) is 55.4 Å². The largest absolute Gasteiger partial charge is 0.497 e. The number of hydrogen-bond acceptors (Lipinski definition) is 3. The number of methoxy groups -OCH3 is 1. The Hall–Kier alpha value is -1.95. The molecule has 0 spiro atoms. The lowest BCUT2D eigenvalue weighted by molar-refractivity contribution is 0.415. The van der Waals surface area contributed by atoms with E-state index in [1.165, 1.54) is 12.1 Å². The monoisotopic (exact) mass is 381 g/mol. The van der Waals surface area contributed by atoms with E-state index >= 15 is 0 Å². The zero-order valence-electron chi connectivity index (χ0n) is 12.6. The van der Waals surface area contributed by atoms with E-state index in [1.54, 1.807) is 37.4 Å². The second kappa shape index (κ2) is 6.51. The van der Waals surface area contributed by atoms with Gasteiger partial charge in [-0.15, -0.1) is 0 Å². The van der Waals surface area contributed by atoms with Crippen molar-refractivity contribution in [3.05, 3.63) is 64.6 Å². The molecule has 0 aromatic heterocycles. The Kier molecular flexibility index (Phi) is 4.58. The fourth-order valence-electron chi connectivity index (χ4n) is 2.27. The molecule has 0 amide bonds.